The summed E-state index contributed by atoms with van der Waals surface area (Å²) in [5, 5.41) is 8.06. The molecule has 19 heavy (non-hydrogen) atoms. The molecule has 0 amide bonds. The number of nitrogens with zero attached hydrogens (tertiary/aromatic N) is 2. The highest BCUT2D eigenvalue weighted by Gasteiger charge is 2.12. The maximum atomic E-state index is 4.59. The Labute approximate surface area is 123 Å². The highest BCUT2D eigenvalue weighted by Crippen LogP contribution is 2.29. The molecule has 1 N–H and O–H groups in total. The zero-order chi connectivity index (χ0) is 13.8. The van der Waals surface area contributed by atoms with E-state index in [1.54, 1.807) is 0 Å². The predicted octanol–water partition coefficient (Wildman–Crippen LogP) is 3.60. The minimum Gasteiger partial charge on any atom is -0.312 e. The van der Waals surface area contributed by atoms with E-state index in [1.807, 2.05) is 23.9 Å². The van der Waals surface area contributed by atoms with Crippen molar-refractivity contribution in [3.63, 3.8) is 0 Å². The molecule has 2 aromatic rings. The van der Waals surface area contributed by atoms with E-state index in [0.29, 0.717) is 5.92 Å². The molecule has 0 atom stereocenters. The molecule has 0 fully saturated rings. The SMILES string of the molecule is CC(C)CNCc1cn(C)nc1-c1ccccc1Br. The Balaban J connectivity index is 2.24. The number of aromatic nitrogens is 2. The van der Waals surface area contributed by atoms with Crippen molar-refractivity contribution in [3.05, 3.63) is 40.5 Å². The van der Waals surface area contributed by atoms with Crippen LogP contribution in [-0.2, 0) is 13.6 Å². The molecular weight excluding hydrogens is 302 g/mol. The Morgan fingerprint density at radius 3 is 2.74 bits per heavy atom. The smallest absolute Gasteiger partial charge is 0.0979 e. The zero-order valence-electron chi connectivity index (χ0n) is 11.7. The van der Waals surface area contributed by atoms with Gasteiger partial charge in [0.25, 0.3) is 0 Å². The Morgan fingerprint density at radius 2 is 2.05 bits per heavy atom. The molecule has 0 unspecified atom stereocenters. The summed E-state index contributed by atoms with van der Waals surface area (Å²) in [6, 6.07) is 8.21. The first-order chi connectivity index (χ1) is 9.08. The fourth-order valence-corrected chi connectivity index (χ4v) is 2.52. The largest absolute Gasteiger partial charge is 0.312 e. The fourth-order valence-electron chi connectivity index (χ4n) is 2.04. The van der Waals surface area contributed by atoms with Crippen LogP contribution in [0.2, 0.25) is 0 Å². The molecule has 4 heteroatoms. The van der Waals surface area contributed by atoms with E-state index < -0.39 is 0 Å². The quantitative estimate of drug-likeness (QED) is 0.912. The van der Waals surface area contributed by atoms with Gasteiger partial charge in [0.05, 0.1) is 5.69 Å². The molecule has 102 valence electrons. The highest BCUT2D eigenvalue weighted by atomic mass is 79.9. The second-order valence-corrected chi connectivity index (χ2v) is 6.04. The first-order valence-corrected chi connectivity index (χ1v) is 7.35. The Bertz CT molecular complexity index is 546. The van der Waals surface area contributed by atoms with E-state index in [2.05, 4.69) is 58.5 Å². The molecule has 0 saturated carbocycles. The standard InChI is InChI=1S/C15H20BrN3/c1-11(2)8-17-9-12-10-19(3)18-15(12)13-6-4-5-7-14(13)16/h4-7,10-11,17H,8-9H2,1-3H3. The van der Waals surface area contributed by atoms with Gasteiger partial charge in [-0.05, 0) is 18.5 Å². The predicted molar refractivity (Wildman–Crippen MR) is 82.9 cm³/mol. The molecular formula is C15H20BrN3. The van der Waals surface area contributed by atoms with E-state index >= 15 is 0 Å². The van der Waals surface area contributed by atoms with Crippen molar-refractivity contribution in [1.29, 1.82) is 0 Å². The van der Waals surface area contributed by atoms with Gasteiger partial charge in [-0.3, -0.25) is 4.68 Å². The van der Waals surface area contributed by atoms with Gasteiger partial charge in [-0.25, -0.2) is 0 Å². The summed E-state index contributed by atoms with van der Waals surface area (Å²) < 4.78 is 2.96. The number of nitrogens with one attached hydrogen (secondary N) is 1. The summed E-state index contributed by atoms with van der Waals surface area (Å²) in [7, 11) is 1.96. The molecule has 0 aliphatic heterocycles. The van der Waals surface area contributed by atoms with Crippen LogP contribution in [0.3, 0.4) is 0 Å². The number of hydrogen-bond acceptors (Lipinski definition) is 2. The number of benzene rings is 1. The van der Waals surface area contributed by atoms with E-state index in [-0.39, 0.29) is 0 Å². The summed E-state index contributed by atoms with van der Waals surface area (Å²) in [6.45, 7) is 6.29. The van der Waals surface area contributed by atoms with Crippen LogP contribution in [0.1, 0.15) is 19.4 Å². The molecule has 0 aliphatic rings. The molecule has 1 heterocycles. The van der Waals surface area contributed by atoms with Gasteiger partial charge >= 0.3 is 0 Å². The van der Waals surface area contributed by atoms with Crippen LogP contribution in [0.4, 0.5) is 0 Å². The van der Waals surface area contributed by atoms with Crippen LogP contribution >= 0.6 is 15.9 Å². The third kappa shape index (κ3) is 3.67. The average Bonchev–Trinajstić information content (AvgIpc) is 2.70. The topological polar surface area (TPSA) is 29.9 Å². The lowest BCUT2D eigenvalue weighted by Crippen LogP contribution is -2.19. The van der Waals surface area contributed by atoms with E-state index in [1.165, 1.54) is 5.56 Å². The molecule has 3 nitrogen and oxygen atoms in total. The van der Waals surface area contributed by atoms with Crippen LogP contribution in [0.25, 0.3) is 11.3 Å². The second kappa shape index (κ2) is 6.35. The van der Waals surface area contributed by atoms with Crippen molar-refractivity contribution < 1.29 is 0 Å². The first-order valence-electron chi connectivity index (χ1n) is 6.56. The summed E-state index contributed by atoms with van der Waals surface area (Å²) in [5.41, 5.74) is 3.42. The Hall–Kier alpha value is -1.13. The van der Waals surface area contributed by atoms with E-state index in [4.69, 9.17) is 0 Å². The summed E-state index contributed by atoms with van der Waals surface area (Å²) in [6.07, 6.45) is 2.09. The van der Waals surface area contributed by atoms with Gasteiger partial charge < -0.3 is 5.32 Å². The van der Waals surface area contributed by atoms with Gasteiger partial charge in [-0.1, -0.05) is 48.0 Å². The van der Waals surface area contributed by atoms with Crippen LogP contribution in [-0.4, -0.2) is 16.3 Å². The highest BCUT2D eigenvalue weighted by molar-refractivity contribution is 9.10. The Kier molecular flexibility index (Phi) is 4.77. The van der Waals surface area contributed by atoms with Gasteiger partial charge in [0.2, 0.25) is 0 Å². The summed E-state index contributed by atoms with van der Waals surface area (Å²) in [5.74, 6) is 0.656. The van der Waals surface area contributed by atoms with Crippen molar-refractivity contribution in [1.82, 2.24) is 15.1 Å². The minimum atomic E-state index is 0.656. The summed E-state index contributed by atoms with van der Waals surface area (Å²) in [4.78, 5) is 0. The van der Waals surface area contributed by atoms with Crippen LogP contribution in [0.15, 0.2) is 34.9 Å². The molecule has 1 aromatic carbocycles. The van der Waals surface area contributed by atoms with Crippen molar-refractivity contribution in [3.8, 4) is 11.3 Å². The third-order valence-electron chi connectivity index (χ3n) is 2.90. The van der Waals surface area contributed by atoms with Gasteiger partial charge in [0.15, 0.2) is 0 Å². The minimum absolute atomic E-state index is 0.656. The summed E-state index contributed by atoms with van der Waals surface area (Å²) >= 11 is 3.60. The number of rotatable bonds is 5. The van der Waals surface area contributed by atoms with Gasteiger partial charge in [-0.2, -0.15) is 5.10 Å². The first kappa shape index (κ1) is 14.3. The van der Waals surface area contributed by atoms with Crippen molar-refractivity contribution >= 4 is 15.9 Å². The maximum absolute atomic E-state index is 4.59. The van der Waals surface area contributed by atoms with E-state index in [0.717, 1.165) is 28.8 Å². The number of hydrogen-bond donors (Lipinski definition) is 1. The lowest BCUT2D eigenvalue weighted by Gasteiger charge is -2.08. The van der Waals surface area contributed by atoms with Gasteiger partial charge in [0, 0.05) is 35.4 Å². The number of halogens is 1. The van der Waals surface area contributed by atoms with Crippen LogP contribution in [0, 0.1) is 5.92 Å². The van der Waals surface area contributed by atoms with Crippen LogP contribution < -0.4 is 5.32 Å². The molecule has 0 saturated heterocycles. The lowest BCUT2D eigenvalue weighted by atomic mass is 10.1. The van der Waals surface area contributed by atoms with E-state index in [9.17, 15) is 0 Å². The molecule has 0 radical (unpaired) electrons. The van der Waals surface area contributed by atoms with Gasteiger partial charge in [-0.15, -0.1) is 0 Å². The molecule has 0 aliphatic carbocycles. The third-order valence-corrected chi connectivity index (χ3v) is 3.59. The second-order valence-electron chi connectivity index (χ2n) is 5.18. The normalized spacial score (nSPS) is 11.2. The fraction of sp³-hybridized carbons (Fsp3) is 0.400. The Morgan fingerprint density at radius 1 is 1.32 bits per heavy atom. The lowest BCUT2D eigenvalue weighted by molar-refractivity contribution is 0.552. The van der Waals surface area contributed by atoms with Gasteiger partial charge in [0.1, 0.15) is 0 Å². The van der Waals surface area contributed by atoms with Crippen molar-refractivity contribution in [2.75, 3.05) is 6.54 Å². The van der Waals surface area contributed by atoms with Crippen molar-refractivity contribution in [2.24, 2.45) is 13.0 Å². The monoisotopic (exact) mass is 321 g/mol. The maximum Gasteiger partial charge on any atom is 0.0979 e. The van der Waals surface area contributed by atoms with Crippen molar-refractivity contribution in [2.45, 2.75) is 20.4 Å². The number of aryl methyl sites for hydroxylation is 1. The molecule has 1 aromatic heterocycles. The molecule has 2 rings (SSSR count). The van der Waals surface area contributed by atoms with Crippen LogP contribution in [0.5, 0.6) is 0 Å². The molecule has 0 spiro atoms. The zero-order valence-corrected chi connectivity index (χ0v) is 13.2. The molecule has 0 bridgehead atoms. The average molecular weight is 322 g/mol.